The number of rotatable bonds is 5. The fourth-order valence-corrected chi connectivity index (χ4v) is 3.64. The van der Waals surface area contributed by atoms with Gasteiger partial charge in [-0.3, -0.25) is 4.90 Å². The number of likely N-dealkylation sites (tertiary alicyclic amines) is 1. The Morgan fingerprint density at radius 2 is 1.96 bits per heavy atom. The van der Waals surface area contributed by atoms with E-state index in [-0.39, 0.29) is 6.10 Å². The molecule has 6 nitrogen and oxygen atoms in total. The van der Waals surface area contributed by atoms with E-state index >= 15 is 0 Å². The van der Waals surface area contributed by atoms with Crippen LogP contribution in [0.1, 0.15) is 12.0 Å². The fourth-order valence-electron chi connectivity index (χ4n) is 3.64. The second-order valence-corrected chi connectivity index (χ2v) is 6.92. The van der Waals surface area contributed by atoms with Crippen molar-refractivity contribution in [3.8, 4) is 22.9 Å². The Bertz CT molecular complexity index is 909. The molecule has 3 heterocycles. The van der Waals surface area contributed by atoms with E-state index in [1.165, 1.54) is 5.56 Å². The topological polar surface area (TPSA) is 48.8 Å². The lowest BCUT2D eigenvalue weighted by Gasteiger charge is -2.17. The van der Waals surface area contributed by atoms with E-state index in [0.717, 1.165) is 49.0 Å². The van der Waals surface area contributed by atoms with E-state index in [9.17, 15) is 0 Å². The average Bonchev–Trinajstić information content (AvgIpc) is 3.44. The number of hydrogen-bond acceptors (Lipinski definition) is 5. The van der Waals surface area contributed by atoms with Crippen LogP contribution in [-0.4, -0.2) is 40.4 Å². The second-order valence-electron chi connectivity index (χ2n) is 6.92. The molecular weight excluding hydrogens is 342 g/mol. The molecule has 0 bridgehead atoms. The second kappa shape index (κ2) is 6.96. The summed E-state index contributed by atoms with van der Waals surface area (Å²) in [5, 5.41) is 0. The molecule has 3 aromatic rings. The van der Waals surface area contributed by atoms with Gasteiger partial charge in [-0.25, -0.2) is 4.98 Å². The van der Waals surface area contributed by atoms with Gasteiger partial charge in [-0.2, -0.15) is 0 Å². The number of nitrogens with zero attached hydrogens (tertiary/aromatic N) is 3. The van der Waals surface area contributed by atoms with Crippen molar-refractivity contribution in [1.82, 2.24) is 14.5 Å². The molecule has 27 heavy (non-hydrogen) atoms. The van der Waals surface area contributed by atoms with Gasteiger partial charge in [0.05, 0.1) is 6.33 Å². The Morgan fingerprint density at radius 3 is 2.81 bits per heavy atom. The highest BCUT2D eigenvalue weighted by Crippen LogP contribution is 2.33. The van der Waals surface area contributed by atoms with Crippen molar-refractivity contribution in [1.29, 1.82) is 0 Å². The van der Waals surface area contributed by atoms with Gasteiger partial charge in [-0.1, -0.05) is 6.07 Å². The summed E-state index contributed by atoms with van der Waals surface area (Å²) in [6.45, 7) is 3.18. The highest BCUT2D eigenvalue weighted by atomic mass is 16.7. The highest BCUT2D eigenvalue weighted by molar-refractivity contribution is 5.44. The highest BCUT2D eigenvalue weighted by Gasteiger charge is 2.24. The zero-order valence-corrected chi connectivity index (χ0v) is 15.0. The van der Waals surface area contributed by atoms with Crippen LogP contribution in [0.5, 0.6) is 17.2 Å². The van der Waals surface area contributed by atoms with Gasteiger partial charge in [0.25, 0.3) is 0 Å². The SMILES string of the molecule is c1cn(-c2ccc(O[C@H]3CCN(Cc4ccc5c(c4)OCO5)C3)cc2)cn1. The molecule has 1 saturated heterocycles. The maximum absolute atomic E-state index is 6.18. The molecule has 138 valence electrons. The molecule has 1 atom stereocenters. The predicted molar refractivity (Wildman–Crippen MR) is 100 cm³/mol. The number of hydrogen-bond donors (Lipinski definition) is 0. The first-order valence-electron chi connectivity index (χ1n) is 9.19. The van der Waals surface area contributed by atoms with E-state index in [1.807, 2.05) is 29.0 Å². The minimum atomic E-state index is 0.220. The van der Waals surface area contributed by atoms with Crippen molar-refractivity contribution in [3.63, 3.8) is 0 Å². The van der Waals surface area contributed by atoms with Gasteiger partial charge in [0, 0.05) is 37.7 Å². The molecule has 0 aliphatic carbocycles. The average molecular weight is 363 g/mol. The first-order chi connectivity index (χ1) is 13.3. The van der Waals surface area contributed by atoms with Crippen LogP contribution in [0, 0.1) is 0 Å². The van der Waals surface area contributed by atoms with Crippen molar-refractivity contribution in [2.75, 3.05) is 19.9 Å². The van der Waals surface area contributed by atoms with E-state index in [0.29, 0.717) is 6.79 Å². The van der Waals surface area contributed by atoms with Crippen LogP contribution < -0.4 is 14.2 Å². The van der Waals surface area contributed by atoms with E-state index in [4.69, 9.17) is 14.2 Å². The fraction of sp³-hybridized carbons (Fsp3) is 0.286. The summed E-state index contributed by atoms with van der Waals surface area (Å²) in [5.74, 6) is 2.59. The van der Waals surface area contributed by atoms with Crippen LogP contribution >= 0.6 is 0 Å². The molecule has 0 N–H and O–H groups in total. The largest absolute Gasteiger partial charge is 0.489 e. The van der Waals surface area contributed by atoms with Crippen LogP contribution in [0.25, 0.3) is 5.69 Å². The van der Waals surface area contributed by atoms with Gasteiger partial charge in [0.1, 0.15) is 11.9 Å². The maximum atomic E-state index is 6.18. The lowest BCUT2D eigenvalue weighted by Crippen LogP contribution is -2.24. The van der Waals surface area contributed by atoms with Crippen LogP contribution in [0.15, 0.2) is 61.2 Å². The smallest absolute Gasteiger partial charge is 0.231 e. The molecule has 0 saturated carbocycles. The van der Waals surface area contributed by atoms with Crippen LogP contribution in [0.2, 0.25) is 0 Å². The Morgan fingerprint density at radius 1 is 1.07 bits per heavy atom. The minimum Gasteiger partial charge on any atom is -0.489 e. The molecule has 0 unspecified atom stereocenters. The van der Waals surface area contributed by atoms with Crippen molar-refractivity contribution in [2.45, 2.75) is 19.1 Å². The zero-order chi connectivity index (χ0) is 18.1. The normalized spacial score (nSPS) is 18.7. The predicted octanol–water partition coefficient (Wildman–Crippen LogP) is 3.25. The zero-order valence-electron chi connectivity index (χ0n) is 15.0. The third-order valence-electron chi connectivity index (χ3n) is 5.01. The summed E-state index contributed by atoms with van der Waals surface area (Å²) < 4.78 is 19.0. The third-order valence-corrected chi connectivity index (χ3v) is 5.01. The first kappa shape index (κ1) is 16.2. The molecule has 2 aromatic carbocycles. The molecule has 0 radical (unpaired) electrons. The summed E-state index contributed by atoms with van der Waals surface area (Å²) in [6, 6.07) is 14.3. The molecule has 6 heteroatoms. The van der Waals surface area contributed by atoms with Crippen LogP contribution in [0.3, 0.4) is 0 Å². The first-order valence-corrected chi connectivity index (χ1v) is 9.19. The number of aromatic nitrogens is 2. The Hall–Kier alpha value is -2.99. The Labute approximate surface area is 157 Å². The number of ether oxygens (including phenoxy) is 3. The van der Waals surface area contributed by atoms with Gasteiger partial charge in [0.2, 0.25) is 6.79 Å². The summed E-state index contributed by atoms with van der Waals surface area (Å²) in [5.41, 5.74) is 2.32. The summed E-state index contributed by atoms with van der Waals surface area (Å²) in [6.07, 6.45) is 6.76. The molecular formula is C21H21N3O3. The van der Waals surface area contributed by atoms with E-state index in [2.05, 4.69) is 34.1 Å². The summed E-state index contributed by atoms with van der Waals surface area (Å²) in [4.78, 5) is 6.50. The number of fused-ring (bicyclic) bond motifs is 1. The van der Waals surface area contributed by atoms with Gasteiger partial charge < -0.3 is 18.8 Å². The van der Waals surface area contributed by atoms with Crippen LogP contribution in [0.4, 0.5) is 0 Å². The van der Waals surface area contributed by atoms with Crippen molar-refractivity contribution < 1.29 is 14.2 Å². The van der Waals surface area contributed by atoms with Gasteiger partial charge in [0.15, 0.2) is 11.5 Å². The molecule has 2 aliphatic rings. The standard InChI is InChI=1S/C21H21N3O3/c1-6-20-21(26-15-25-20)11-16(1)12-23-9-7-19(13-23)27-18-4-2-17(3-5-18)24-10-8-22-14-24/h1-6,8,10-11,14,19H,7,9,12-13,15H2/t19-/m0/s1. The number of imidazole rings is 1. The third kappa shape index (κ3) is 3.48. The van der Waals surface area contributed by atoms with E-state index < -0.39 is 0 Å². The molecule has 0 spiro atoms. The molecule has 1 fully saturated rings. The van der Waals surface area contributed by atoms with Gasteiger partial charge in [-0.15, -0.1) is 0 Å². The summed E-state index contributed by atoms with van der Waals surface area (Å²) >= 11 is 0. The Balaban J connectivity index is 1.17. The minimum absolute atomic E-state index is 0.220. The van der Waals surface area contributed by atoms with Gasteiger partial charge in [-0.05, 0) is 48.4 Å². The van der Waals surface area contributed by atoms with E-state index in [1.54, 1.807) is 12.5 Å². The molecule has 0 amide bonds. The molecule has 2 aliphatic heterocycles. The molecule has 5 rings (SSSR count). The monoisotopic (exact) mass is 363 g/mol. The van der Waals surface area contributed by atoms with Crippen molar-refractivity contribution in [2.24, 2.45) is 0 Å². The molecule has 1 aromatic heterocycles. The Kier molecular flexibility index (Phi) is 4.18. The quantitative estimate of drug-likeness (QED) is 0.696. The van der Waals surface area contributed by atoms with Gasteiger partial charge >= 0.3 is 0 Å². The lowest BCUT2D eigenvalue weighted by atomic mass is 10.2. The van der Waals surface area contributed by atoms with Crippen LogP contribution in [-0.2, 0) is 6.54 Å². The van der Waals surface area contributed by atoms with Crippen molar-refractivity contribution >= 4 is 0 Å². The maximum Gasteiger partial charge on any atom is 0.231 e. The van der Waals surface area contributed by atoms with Crippen molar-refractivity contribution in [3.05, 3.63) is 66.7 Å². The lowest BCUT2D eigenvalue weighted by molar-refractivity contribution is 0.174. The number of benzene rings is 2. The summed E-state index contributed by atoms with van der Waals surface area (Å²) in [7, 11) is 0.